The SMILES string of the molecule is CC[C@H](C)[C@@H]1NC(=O)[C@H](C)N(C)C(=O)C[C@@H](C)NC(=O)[C@H](C2CCCC2)N(C)C(=O)C2(CCCC2)NC(=O)[C@@H]2CCCN2C(=O)[C@H](CCC2CCC(C(F)(F)F)C(Cl)C2)NC(=O)CN(C)C(=O)[C@H](CC2CCCC(C)C2)N(C)C(=O)[C@@H]2CCCN2C(=O)CN(C)C1=O. The molecular formula is C66H105ClF3N11O11. The van der Waals surface area contributed by atoms with Crippen molar-refractivity contribution in [3.8, 4) is 0 Å². The summed E-state index contributed by atoms with van der Waals surface area (Å²) < 4.78 is 41.9. The molecule has 3 heterocycles. The topological polar surface area (TPSA) is 259 Å². The zero-order valence-corrected chi connectivity index (χ0v) is 56.8. The highest BCUT2D eigenvalue weighted by Crippen LogP contribution is 2.44. The van der Waals surface area contributed by atoms with Crippen LogP contribution in [0, 0.1) is 35.5 Å². The summed E-state index contributed by atoms with van der Waals surface area (Å²) in [4.78, 5) is 170. The molecule has 26 heteroatoms. The second kappa shape index (κ2) is 32.1. The molecule has 4 saturated carbocycles. The van der Waals surface area contributed by atoms with Gasteiger partial charge in [0.15, 0.2) is 0 Å². The van der Waals surface area contributed by atoms with E-state index in [1.54, 1.807) is 20.9 Å². The van der Waals surface area contributed by atoms with Crippen molar-refractivity contribution in [2.75, 3.05) is 61.4 Å². The van der Waals surface area contributed by atoms with Crippen LogP contribution < -0.4 is 21.3 Å². The molecule has 0 aromatic rings. The van der Waals surface area contributed by atoms with Crippen molar-refractivity contribution in [2.24, 2.45) is 35.5 Å². The quantitative estimate of drug-likeness (QED) is 0.220. The summed E-state index contributed by atoms with van der Waals surface area (Å²) in [5.74, 6) is -8.51. The van der Waals surface area contributed by atoms with Crippen molar-refractivity contribution in [3.63, 3.8) is 0 Å². The summed E-state index contributed by atoms with van der Waals surface area (Å²) in [5, 5.41) is 10.5. The maximum atomic E-state index is 15.2. The fourth-order valence-corrected chi connectivity index (χ4v) is 16.4. The normalized spacial score (nSPS) is 33.2. The number of hydrogen-bond donors (Lipinski definition) is 4. The standard InChI is InChI=1S/C66H105ClF3N11O11/c1-11-40(3)55-63(91)76(7)38-54(84)80-31-18-24-50(80)62(90)78(9)51(36-44-20-16-19-39(2)33-44)61(89)75(6)37-52(82)72-48(28-26-43-25-27-46(47(67)35-43)66(68,69)70)60(88)81-32-17-23-49(81)58(86)74-65(29-14-15-30-65)64(92)79(10)56(45-21-12-13-22-45)59(87)71-41(4)34-53(83)77(8)42(5)57(85)73-55/h39-51,55-56H,11-38H2,1-10H3,(H,71,87)(H,72,82)(H,73,85)(H,74,86)/t39?,40-,41+,42-,43?,44?,46?,47?,48-,49-,50-,51-,55-,56-/m0/s1. The summed E-state index contributed by atoms with van der Waals surface area (Å²) in [7, 11) is 7.38. The monoisotopic (exact) mass is 1320 g/mol. The number of nitrogens with zero attached hydrogens (tertiary/aromatic N) is 7. The van der Waals surface area contributed by atoms with E-state index in [4.69, 9.17) is 11.6 Å². The van der Waals surface area contributed by atoms with Gasteiger partial charge in [0.2, 0.25) is 65.0 Å². The lowest BCUT2D eigenvalue weighted by Crippen LogP contribution is -2.64. The van der Waals surface area contributed by atoms with Gasteiger partial charge < -0.3 is 55.6 Å². The van der Waals surface area contributed by atoms with E-state index in [1.807, 2.05) is 6.92 Å². The number of carbonyl (C=O) groups is 11. The third-order valence-electron chi connectivity index (χ3n) is 21.8. The third kappa shape index (κ3) is 17.8. The van der Waals surface area contributed by atoms with E-state index >= 15 is 14.4 Å². The Labute approximate surface area is 547 Å². The Morgan fingerprint density at radius 1 is 0.598 bits per heavy atom. The fourth-order valence-electron chi connectivity index (χ4n) is 15.9. The molecule has 7 rings (SSSR count). The van der Waals surface area contributed by atoms with Gasteiger partial charge in [-0.3, -0.25) is 52.7 Å². The largest absolute Gasteiger partial charge is 0.393 e. The van der Waals surface area contributed by atoms with Gasteiger partial charge in [-0.15, -0.1) is 11.6 Å². The summed E-state index contributed by atoms with van der Waals surface area (Å²) in [5.41, 5.74) is -1.45. The molecule has 11 amide bonds. The zero-order chi connectivity index (χ0) is 67.7. The predicted molar refractivity (Wildman–Crippen MR) is 338 cm³/mol. The van der Waals surface area contributed by atoms with Gasteiger partial charge in [0.25, 0.3) is 0 Å². The average molecular weight is 1320 g/mol. The molecule has 3 aliphatic heterocycles. The number of hydrogen-bond acceptors (Lipinski definition) is 11. The van der Waals surface area contributed by atoms with Crippen LogP contribution in [0.3, 0.4) is 0 Å². The molecule has 1 spiro atoms. The molecular weight excluding hydrogens is 1220 g/mol. The first-order valence-corrected chi connectivity index (χ1v) is 34.6. The molecule has 92 heavy (non-hydrogen) atoms. The molecule has 3 saturated heterocycles. The Balaban J connectivity index is 1.21. The molecule has 7 fully saturated rings. The van der Waals surface area contributed by atoms with Crippen molar-refractivity contribution < 1.29 is 65.9 Å². The van der Waals surface area contributed by atoms with E-state index in [1.165, 1.54) is 69.4 Å². The smallest absolute Gasteiger partial charge is 0.351 e. The van der Waals surface area contributed by atoms with Crippen LogP contribution in [0.1, 0.15) is 189 Å². The van der Waals surface area contributed by atoms with Gasteiger partial charge in [0.05, 0.1) is 19.0 Å². The maximum absolute atomic E-state index is 15.2. The molecule has 4 N–H and O–H groups in total. The molecule has 0 aromatic carbocycles. The first kappa shape index (κ1) is 73.7. The number of halogens is 4. The highest BCUT2D eigenvalue weighted by atomic mass is 35.5. The van der Waals surface area contributed by atoms with Gasteiger partial charge in [-0.05, 0) is 140 Å². The van der Waals surface area contributed by atoms with E-state index in [2.05, 4.69) is 28.2 Å². The molecule has 0 bridgehead atoms. The number of carbonyl (C=O) groups excluding carboxylic acids is 11. The van der Waals surface area contributed by atoms with Crippen LogP contribution >= 0.6 is 11.6 Å². The number of likely N-dealkylation sites (N-methyl/N-ethyl adjacent to an activating group) is 5. The zero-order valence-electron chi connectivity index (χ0n) is 56.1. The van der Waals surface area contributed by atoms with E-state index < -0.39 is 155 Å². The van der Waals surface area contributed by atoms with E-state index in [-0.39, 0.29) is 101 Å². The number of rotatable bonds is 8. The Bertz CT molecular complexity index is 2680. The first-order chi connectivity index (χ1) is 43.4. The van der Waals surface area contributed by atoms with Crippen molar-refractivity contribution in [2.45, 2.75) is 254 Å². The van der Waals surface area contributed by atoms with E-state index in [0.29, 0.717) is 50.9 Å². The van der Waals surface area contributed by atoms with Gasteiger partial charge in [-0.1, -0.05) is 72.1 Å². The number of fused-ring (bicyclic) bond motifs is 2. The summed E-state index contributed by atoms with van der Waals surface area (Å²) >= 11 is 6.39. The molecule has 5 unspecified atom stereocenters. The number of amides is 11. The van der Waals surface area contributed by atoms with Crippen molar-refractivity contribution in [1.29, 1.82) is 0 Å². The Morgan fingerprint density at radius 3 is 1.87 bits per heavy atom. The van der Waals surface area contributed by atoms with Crippen LogP contribution in [0.25, 0.3) is 0 Å². The lowest BCUT2D eigenvalue weighted by atomic mass is 9.78. The highest BCUT2D eigenvalue weighted by molar-refractivity contribution is 6.20. The molecule has 4 aliphatic carbocycles. The number of alkyl halides is 4. The van der Waals surface area contributed by atoms with Gasteiger partial charge in [-0.2, -0.15) is 13.2 Å². The summed E-state index contributed by atoms with van der Waals surface area (Å²) in [6.45, 7) is 8.23. The molecule has 14 atom stereocenters. The third-order valence-corrected chi connectivity index (χ3v) is 22.3. The fraction of sp³-hybridized carbons (Fsp3) is 0.833. The lowest BCUT2D eigenvalue weighted by Gasteiger charge is -2.40. The predicted octanol–water partition coefficient (Wildman–Crippen LogP) is 5.51. The first-order valence-electron chi connectivity index (χ1n) is 34.2. The molecule has 7 aliphatic rings. The van der Waals surface area contributed by atoms with Gasteiger partial charge in [0.1, 0.15) is 47.8 Å². The van der Waals surface area contributed by atoms with Gasteiger partial charge in [0, 0.05) is 66.2 Å². The van der Waals surface area contributed by atoms with Crippen molar-refractivity contribution in [1.82, 2.24) is 55.6 Å². The van der Waals surface area contributed by atoms with E-state index in [9.17, 15) is 51.5 Å². The molecule has 0 aromatic heterocycles. The van der Waals surface area contributed by atoms with E-state index in [0.717, 1.165) is 38.5 Å². The minimum atomic E-state index is -4.49. The van der Waals surface area contributed by atoms with Crippen LogP contribution in [0.2, 0.25) is 0 Å². The Hall–Kier alpha value is -5.75. The van der Waals surface area contributed by atoms with Gasteiger partial charge in [-0.25, -0.2) is 0 Å². The summed E-state index contributed by atoms with van der Waals surface area (Å²) in [6, 6.07) is -8.44. The van der Waals surface area contributed by atoms with Crippen molar-refractivity contribution >= 4 is 76.6 Å². The van der Waals surface area contributed by atoms with Crippen LogP contribution in [0.5, 0.6) is 0 Å². The molecule has 22 nitrogen and oxygen atoms in total. The van der Waals surface area contributed by atoms with Crippen molar-refractivity contribution in [3.05, 3.63) is 0 Å². The van der Waals surface area contributed by atoms with Crippen LogP contribution in [0.15, 0.2) is 0 Å². The highest BCUT2D eigenvalue weighted by Gasteiger charge is 2.52. The van der Waals surface area contributed by atoms with Crippen LogP contribution in [-0.2, 0) is 52.7 Å². The minimum Gasteiger partial charge on any atom is -0.351 e. The van der Waals surface area contributed by atoms with Crippen LogP contribution in [0.4, 0.5) is 13.2 Å². The van der Waals surface area contributed by atoms with Crippen LogP contribution in [-0.4, -0.2) is 226 Å². The maximum Gasteiger partial charge on any atom is 0.393 e. The summed E-state index contributed by atoms with van der Waals surface area (Å²) in [6.07, 6.45) is 5.59. The average Bonchev–Trinajstić information content (AvgIpc) is 1.53. The molecule has 518 valence electrons. The second-order valence-electron chi connectivity index (χ2n) is 28.6. The lowest BCUT2D eigenvalue weighted by molar-refractivity contribution is -0.182. The number of nitrogens with one attached hydrogen (secondary N) is 4. The Morgan fingerprint density at radius 2 is 1.24 bits per heavy atom. The van der Waals surface area contributed by atoms with Gasteiger partial charge >= 0.3 is 6.18 Å². The second-order valence-corrected chi connectivity index (χ2v) is 29.1. The molecule has 0 radical (unpaired) electrons. The Kier molecular flexibility index (Phi) is 25.7. The minimum absolute atomic E-state index is 0.0205.